The maximum absolute atomic E-state index is 11.3. The number of para-hydroxylation sites is 1. The first-order valence-corrected chi connectivity index (χ1v) is 5.39. The number of rotatable bonds is 4. The molecule has 2 rings (SSSR count). The summed E-state index contributed by atoms with van der Waals surface area (Å²) in [6.45, 7) is 0. The molecule has 6 nitrogen and oxygen atoms in total. The molecular weight excluding hydrogens is 248 g/mol. The quantitative estimate of drug-likeness (QED) is 0.673. The van der Waals surface area contributed by atoms with E-state index in [1.807, 2.05) is 0 Å². The summed E-state index contributed by atoms with van der Waals surface area (Å²) in [7, 11) is 0. The fraction of sp³-hybridized carbons (Fsp3) is 0. The van der Waals surface area contributed by atoms with Crippen LogP contribution in [-0.4, -0.2) is 10.8 Å². The predicted octanol–water partition coefficient (Wildman–Crippen LogP) is 2.49. The van der Waals surface area contributed by atoms with Crippen LogP contribution in [0.3, 0.4) is 0 Å². The third kappa shape index (κ3) is 2.86. The molecule has 96 valence electrons. The van der Waals surface area contributed by atoms with Gasteiger partial charge in [0, 0.05) is 6.07 Å². The van der Waals surface area contributed by atoms with Gasteiger partial charge in [0.05, 0.1) is 16.6 Å². The van der Waals surface area contributed by atoms with Gasteiger partial charge >= 0.3 is 0 Å². The largest absolute Gasteiger partial charge is 0.456 e. The lowest BCUT2D eigenvalue weighted by molar-refractivity contribution is -0.384. The normalized spacial score (nSPS) is 9.89. The number of nitrogens with zero attached hydrogens (tertiary/aromatic N) is 1. The smallest absolute Gasteiger partial charge is 0.273 e. The first-order valence-electron chi connectivity index (χ1n) is 5.39. The molecule has 0 aromatic heterocycles. The van der Waals surface area contributed by atoms with Crippen LogP contribution in [0, 0.1) is 10.1 Å². The molecule has 0 aliphatic heterocycles. The zero-order valence-electron chi connectivity index (χ0n) is 9.78. The number of nitrogens with two attached hydrogens (primary N) is 1. The van der Waals surface area contributed by atoms with Crippen LogP contribution in [0.1, 0.15) is 10.4 Å². The Morgan fingerprint density at radius 3 is 2.42 bits per heavy atom. The number of amides is 1. The van der Waals surface area contributed by atoms with Crippen molar-refractivity contribution in [2.24, 2.45) is 5.73 Å². The summed E-state index contributed by atoms with van der Waals surface area (Å²) in [6.07, 6.45) is 0. The first-order chi connectivity index (χ1) is 9.08. The van der Waals surface area contributed by atoms with Crippen LogP contribution in [-0.2, 0) is 0 Å². The molecule has 0 atom stereocenters. The van der Waals surface area contributed by atoms with Crippen molar-refractivity contribution in [3.63, 3.8) is 0 Å². The van der Waals surface area contributed by atoms with Gasteiger partial charge in [-0.05, 0) is 18.2 Å². The summed E-state index contributed by atoms with van der Waals surface area (Å²) in [4.78, 5) is 21.4. The molecule has 0 saturated carbocycles. The summed E-state index contributed by atoms with van der Waals surface area (Å²) in [6, 6.07) is 12.3. The van der Waals surface area contributed by atoms with Crippen molar-refractivity contribution in [2.75, 3.05) is 0 Å². The Kier molecular flexibility index (Phi) is 3.42. The second kappa shape index (κ2) is 5.18. The second-order valence-electron chi connectivity index (χ2n) is 3.72. The van der Waals surface area contributed by atoms with Gasteiger partial charge in [-0.25, -0.2) is 0 Å². The van der Waals surface area contributed by atoms with E-state index in [-0.39, 0.29) is 17.0 Å². The molecule has 0 unspecified atom stereocenters. The molecule has 0 radical (unpaired) electrons. The number of ether oxygens (including phenoxy) is 1. The molecule has 0 bridgehead atoms. The lowest BCUT2D eigenvalue weighted by Gasteiger charge is -2.08. The van der Waals surface area contributed by atoms with E-state index >= 15 is 0 Å². The maximum Gasteiger partial charge on any atom is 0.273 e. The fourth-order valence-corrected chi connectivity index (χ4v) is 1.53. The standard InChI is InChI=1S/C13H10N2O4/c14-13(16)11-7-6-9(15(17)18)8-12(11)19-10-4-2-1-3-5-10/h1-8H,(H2,14,16). The van der Waals surface area contributed by atoms with Crippen molar-refractivity contribution in [1.82, 2.24) is 0 Å². The van der Waals surface area contributed by atoms with E-state index < -0.39 is 10.8 Å². The number of hydrogen-bond donors (Lipinski definition) is 1. The first kappa shape index (κ1) is 12.6. The highest BCUT2D eigenvalue weighted by Gasteiger charge is 2.15. The number of non-ortho nitro benzene ring substituents is 1. The maximum atomic E-state index is 11.3. The number of nitro groups is 1. The number of hydrogen-bond acceptors (Lipinski definition) is 4. The van der Waals surface area contributed by atoms with Crippen LogP contribution >= 0.6 is 0 Å². The van der Waals surface area contributed by atoms with Gasteiger partial charge in [-0.3, -0.25) is 14.9 Å². The van der Waals surface area contributed by atoms with Gasteiger partial charge in [0.2, 0.25) is 0 Å². The van der Waals surface area contributed by atoms with E-state index in [1.165, 1.54) is 18.2 Å². The van der Waals surface area contributed by atoms with E-state index in [2.05, 4.69) is 0 Å². The molecule has 2 aromatic rings. The molecule has 1 amide bonds. The van der Waals surface area contributed by atoms with Crippen LogP contribution in [0.2, 0.25) is 0 Å². The van der Waals surface area contributed by atoms with E-state index in [0.29, 0.717) is 5.75 Å². The van der Waals surface area contributed by atoms with Gasteiger partial charge in [-0.2, -0.15) is 0 Å². The number of carbonyl (C=O) groups excluding carboxylic acids is 1. The molecule has 19 heavy (non-hydrogen) atoms. The Hall–Kier alpha value is -2.89. The molecular formula is C13H10N2O4. The average Bonchev–Trinajstić information content (AvgIpc) is 2.39. The minimum atomic E-state index is -0.708. The monoisotopic (exact) mass is 258 g/mol. The third-order valence-electron chi connectivity index (χ3n) is 2.41. The van der Waals surface area contributed by atoms with Gasteiger partial charge in [0.25, 0.3) is 11.6 Å². The molecule has 2 N–H and O–H groups in total. The summed E-state index contributed by atoms with van der Waals surface area (Å²) >= 11 is 0. The zero-order valence-corrected chi connectivity index (χ0v) is 9.78. The van der Waals surface area contributed by atoms with Crippen molar-refractivity contribution in [3.8, 4) is 11.5 Å². The molecule has 0 aliphatic carbocycles. The van der Waals surface area contributed by atoms with Gasteiger partial charge in [-0.15, -0.1) is 0 Å². The summed E-state index contributed by atoms with van der Waals surface area (Å²) in [5.74, 6) is -0.181. The summed E-state index contributed by atoms with van der Waals surface area (Å²) < 4.78 is 5.46. The highest BCUT2D eigenvalue weighted by molar-refractivity contribution is 5.96. The zero-order chi connectivity index (χ0) is 13.8. The number of primary amides is 1. The predicted molar refractivity (Wildman–Crippen MR) is 68.1 cm³/mol. The molecule has 0 aliphatic rings. The molecule has 6 heteroatoms. The van der Waals surface area contributed by atoms with Crippen molar-refractivity contribution in [2.45, 2.75) is 0 Å². The number of benzene rings is 2. The topological polar surface area (TPSA) is 95.5 Å². The van der Waals surface area contributed by atoms with Crippen molar-refractivity contribution < 1.29 is 14.5 Å². The van der Waals surface area contributed by atoms with Crippen molar-refractivity contribution >= 4 is 11.6 Å². The molecule has 2 aromatic carbocycles. The van der Waals surface area contributed by atoms with Crippen LogP contribution in [0.15, 0.2) is 48.5 Å². The van der Waals surface area contributed by atoms with Crippen LogP contribution < -0.4 is 10.5 Å². The van der Waals surface area contributed by atoms with E-state index in [0.717, 1.165) is 0 Å². The van der Waals surface area contributed by atoms with E-state index in [1.54, 1.807) is 30.3 Å². The lowest BCUT2D eigenvalue weighted by Crippen LogP contribution is -2.12. The van der Waals surface area contributed by atoms with Crippen molar-refractivity contribution in [1.29, 1.82) is 0 Å². The molecule has 0 saturated heterocycles. The highest BCUT2D eigenvalue weighted by atomic mass is 16.6. The van der Waals surface area contributed by atoms with E-state index in [4.69, 9.17) is 10.5 Å². The Morgan fingerprint density at radius 1 is 1.16 bits per heavy atom. The van der Waals surface area contributed by atoms with E-state index in [9.17, 15) is 14.9 Å². The fourth-order valence-electron chi connectivity index (χ4n) is 1.53. The highest BCUT2D eigenvalue weighted by Crippen LogP contribution is 2.29. The Morgan fingerprint density at radius 2 is 1.84 bits per heavy atom. The Labute approximate surface area is 108 Å². The Bertz CT molecular complexity index is 626. The van der Waals surface area contributed by atoms with Gasteiger partial charge < -0.3 is 10.5 Å². The van der Waals surface area contributed by atoms with Crippen LogP contribution in [0.25, 0.3) is 0 Å². The second-order valence-corrected chi connectivity index (χ2v) is 3.72. The summed E-state index contributed by atoms with van der Waals surface area (Å²) in [5, 5.41) is 10.7. The number of carbonyl (C=O) groups is 1. The SMILES string of the molecule is NC(=O)c1ccc([N+](=O)[O-])cc1Oc1ccccc1. The average molecular weight is 258 g/mol. The van der Waals surface area contributed by atoms with Gasteiger partial charge in [0.15, 0.2) is 0 Å². The van der Waals surface area contributed by atoms with Crippen molar-refractivity contribution in [3.05, 3.63) is 64.2 Å². The lowest BCUT2D eigenvalue weighted by atomic mass is 10.1. The van der Waals surface area contributed by atoms with Gasteiger partial charge in [-0.1, -0.05) is 18.2 Å². The molecule has 0 spiro atoms. The minimum Gasteiger partial charge on any atom is -0.456 e. The Balaban J connectivity index is 2.43. The third-order valence-corrected chi connectivity index (χ3v) is 2.41. The van der Waals surface area contributed by atoms with Crippen LogP contribution in [0.4, 0.5) is 5.69 Å². The van der Waals surface area contributed by atoms with Crippen LogP contribution in [0.5, 0.6) is 11.5 Å². The molecule has 0 heterocycles. The molecule has 0 fully saturated rings. The minimum absolute atomic E-state index is 0.0629. The van der Waals surface area contributed by atoms with Gasteiger partial charge in [0.1, 0.15) is 11.5 Å². The number of nitro benzene ring substituents is 1. The summed E-state index contributed by atoms with van der Waals surface area (Å²) in [5.41, 5.74) is 5.13.